The topological polar surface area (TPSA) is 34.6 Å². The summed E-state index contributed by atoms with van der Waals surface area (Å²) >= 11 is 3.61. The first-order chi connectivity index (χ1) is 9.30. The third kappa shape index (κ3) is 3.39. The van der Waals surface area contributed by atoms with Gasteiger partial charge in [-0.2, -0.15) is 0 Å². The molecule has 106 valence electrons. The molecule has 0 amide bonds. The van der Waals surface area contributed by atoms with Gasteiger partial charge in [-0.25, -0.2) is 0 Å². The average molecular weight is 329 g/mol. The summed E-state index contributed by atoms with van der Waals surface area (Å²) in [5.41, 5.74) is 0.953. The monoisotopic (exact) mass is 328 g/mol. The Balaban J connectivity index is 2.17. The van der Waals surface area contributed by atoms with Gasteiger partial charge in [0, 0.05) is 30.2 Å². The van der Waals surface area contributed by atoms with Gasteiger partial charge in [0.25, 0.3) is 0 Å². The lowest BCUT2D eigenvalue weighted by atomic mass is 10.0. The summed E-state index contributed by atoms with van der Waals surface area (Å²) in [7, 11) is 3.32. The molecule has 0 aliphatic carbocycles. The molecule has 5 heteroatoms. The van der Waals surface area contributed by atoms with Crippen LogP contribution in [0, 0.1) is 0 Å². The van der Waals surface area contributed by atoms with E-state index < -0.39 is 0 Å². The van der Waals surface area contributed by atoms with Gasteiger partial charge in [-0.05, 0) is 19.4 Å². The standard InChI is InChI=1S/C14H21BrN2O2/c1-18-13-6-7-16-12(14(13)19-2)10-17-8-4-3-5-11(17)9-15/h6-7,11H,3-5,8-10H2,1-2H3. The third-order valence-electron chi connectivity index (χ3n) is 3.65. The van der Waals surface area contributed by atoms with Crippen LogP contribution in [0.3, 0.4) is 0 Å². The molecule has 0 saturated carbocycles. The van der Waals surface area contributed by atoms with Gasteiger partial charge in [0.1, 0.15) is 5.69 Å². The molecule has 1 aliphatic rings. The van der Waals surface area contributed by atoms with Crippen molar-refractivity contribution >= 4 is 15.9 Å². The van der Waals surface area contributed by atoms with E-state index in [9.17, 15) is 0 Å². The fourth-order valence-electron chi connectivity index (χ4n) is 2.60. The highest BCUT2D eigenvalue weighted by molar-refractivity contribution is 9.09. The van der Waals surface area contributed by atoms with Gasteiger partial charge < -0.3 is 9.47 Å². The van der Waals surface area contributed by atoms with E-state index in [0.29, 0.717) is 6.04 Å². The number of hydrogen-bond acceptors (Lipinski definition) is 4. The van der Waals surface area contributed by atoms with Crippen molar-refractivity contribution in [3.63, 3.8) is 0 Å². The summed E-state index contributed by atoms with van der Waals surface area (Å²) in [5.74, 6) is 1.50. The molecular weight excluding hydrogens is 308 g/mol. The zero-order valence-electron chi connectivity index (χ0n) is 11.6. The maximum Gasteiger partial charge on any atom is 0.183 e. The third-order valence-corrected chi connectivity index (χ3v) is 4.39. The number of ether oxygens (including phenoxy) is 2. The normalized spacial score (nSPS) is 20.3. The summed E-state index contributed by atoms with van der Waals surface area (Å²) in [6.45, 7) is 1.94. The largest absolute Gasteiger partial charge is 0.493 e. The number of aromatic nitrogens is 1. The Kier molecular flexibility index (Phi) is 5.45. The molecule has 1 atom stereocenters. The smallest absolute Gasteiger partial charge is 0.183 e. The quantitative estimate of drug-likeness (QED) is 0.778. The highest BCUT2D eigenvalue weighted by Gasteiger charge is 2.23. The van der Waals surface area contributed by atoms with Crippen molar-refractivity contribution in [1.29, 1.82) is 0 Å². The second-order valence-electron chi connectivity index (χ2n) is 4.77. The summed E-state index contributed by atoms with van der Waals surface area (Å²) in [6.07, 6.45) is 5.60. The number of nitrogens with zero attached hydrogens (tertiary/aromatic N) is 2. The maximum atomic E-state index is 5.45. The molecule has 1 saturated heterocycles. The van der Waals surface area contributed by atoms with E-state index in [1.54, 1.807) is 20.4 Å². The van der Waals surface area contributed by atoms with Crippen molar-refractivity contribution in [2.45, 2.75) is 31.8 Å². The molecular formula is C14H21BrN2O2. The maximum absolute atomic E-state index is 5.45. The van der Waals surface area contributed by atoms with Gasteiger partial charge in [0.05, 0.1) is 14.2 Å². The zero-order chi connectivity index (χ0) is 13.7. The predicted molar refractivity (Wildman–Crippen MR) is 79.2 cm³/mol. The van der Waals surface area contributed by atoms with Crippen LogP contribution >= 0.6 is 15.9 Å². The molecule has 1 fully saturated rings. The first-order valence-electron chi connectivity index (χ1n) is 6.66. The van der Waals surface area contributed by atoms with Crippen molar-refractivity contribution < 1.29 is 9.47 Å². The van der Waals surface area contributed by atoms with E-state index in [2.05, 4.69) is 25.8 Å². The molecule has 0 N–H and O–H groups in total. The Bertz CT molecular complexity index is 414. The number of halogens is 1. The fourth-order valence-corrected chi connectivity index (χ4v) is 3.33. The SMILES string of the molecule is COc1ccnc(CN2CCCCC2CBr)c1OC. The van der Waals surface area contributed by atoms with Crippen molar-refractivity contribution in [2.24, 2.45) is 0 Å². The molecule has 1 aliphatic heterocycles. The molecule has 0 bridgehead atoms. The summed E-state index contributed by atoms with van der Waals surface area (Å²) in [5, 5.41) is 1.01. The molecule has 0 radical (unpaired) electrons. The summed E-state index contributed by atoms with van der Waals surface area (Å²) in [4.78, 5) is 6.93. The lowest BCUT2D eigenvalue weighted by Crippen LogP contribution is -2.40. The van der Waals surface area contributed by atoms with Gasteiger partial charge in [0.15, 0.2) is 11.5 Å². The molecule has 4 nitrogen and oxygen atoms in total. The number of rotatable bonds is 5. The molecule has 19 heavy (non-hydrogen) atoms. The first kappa shape index (κ1) is 14.6. The predicted octanol–water partition coefficient (Wildman–Crippen LogP) is 2.85. The highest BCUT2D eigenvalue weighted by Crippen LogP contribution is 2.31. The van der Waals surface area contributed by atoms with Crippen molar-refractivity contribution in [3.8, 4) is 11.5 Å². The van der Waals surface area contributed by atoms with Gasteiger partial charge in [-0.15, -0.1) is 0 Å². The summed E-state index contributed by atoms with van der Waals surface area (Å²) < 4.78 is 10.8. The van der Waals surface area contributed by atoms with Crippen LogP contribution in [0.4, 0.5) is 0 Å². The molecule has 2 heterocycles. The first-order valence-corrected chi connectivity index (χ1v) is 7.78. The van der Waals surface area contributed by atoms with Gasteiger partial charge in [-0.3, -0.25) is 9.88 Å². The van der Waals surface area contributed by atoms with E-state index in [0.717, 1.165) is 35.6 Å². The fraction of sp³-hybridized carbons (Fsp3) is 0.643. The zero-order valence-corrected chi connectivity index (χ0v) is 13.1. The number of likely N-dealkylation sites (tertiary alicyclic amines) is 1. The van der Waals surface area contributed by atoms with E-state index in [1.165, 1.54) is 19.3 Å². The van der Waals surface area contributed by atoms with Crippen LogP contribution < -0.4 is 9.47 Å². The van der Waals surface area contributed by atoms with E-state index in [1.807, 2.05) is 6.07 Å². The molecule has 1 unspecified atom stereocenters. The molecule has 2 rings (SSSR count). The lowest BCUT2D eigenvalue weighted by molar-refractivity contribution is 0.152. The molecule has 1 aromatic rings. The Morgan fingerprint density at radius 2 is 2.21 bits per heavy atom. The lowest BCUT2D eigenvalue weighted by Gasteiger charge is -2.34. The van der Waals surface area contributed by atoms with Crippen molar-refractivity contribution in [2.75, 3.05) is 26.1 Å². The van der Waals surface area contributed by atoms with Crippen LogP contribution in [0.5, 0.6) is 11.5 Å². The van der Waals surface area contributed by atoms with Crippen LogP contribution in [0.2, 0.25) is 0 Å². The average Bonchev–Trinajstić information content (AvgIpc) is 2.47. The van der Waals surface area contributed by atoms with Crippen LogP contribution in [0.1, 0.15) is 25.0 Å². The number of pyridine rings is 1. The Hall–Kier alpha value is -0.810. The highest BCUT2D eigenvalue weighted by atomic mass is 79.9. The minimum atomic E-state index is 0.589. The number of alkyl halides is 1. The number of methoxy groups -OCH3 is 2. The minimum absolute atomic E-state index is 0.589. The van der Waals surface area contributed by atoms with Gasteiger partial charge in [-0.1, -0.05) is 22.4 Å². The van der Waals surface area contributed by atoms with Gasteiger partial charge in [0.2, 0.25) is 0 Å². The van der Waals surface area contributed by atoms with Crippen LogP contribution in [0.25, 0.3) is 0 Å². The summed E-state index contributed by atoms with van der Waals surface area (Å²) in [6, 6.07) is 2.42. The number of hydrogen-bond donors (Lipinski definition) is 0. The molecule has 0 spiro atoms. The number of piperidine rings is 1. The molecule has 1 aromatic heterocycles. The van der Waals surface area contributed by atoms with Crippen LogP contribution in [-0.2, 0) is 6.54 Å². The Morgan fingerprint density at radius 3 is 2.89 bits per heavy atom. The van der Waals surface area contributed by atoms with Crippen molar-refractivity contribution in [1.82, 2.24) is 9.88 Å². The second kappa shape index (κ2) is 7.10. The van der Waals surface area contributed by atoms with E-state index in [-0.39, 0.29) is 0 Å². The second-order valence-corrected chi connectivity index (χ2v) is 5.42. The van der Waals surface area contributed by atoms with Gasteiger partial charge >= 0.3 is 0 Å². The van der Waals surface area contributed by atoms with Crippen LogP contribution in [0.15, 0.2) is 12.3 Å². The minimum Gasteiger partial charge on any atom is -0.493 e. The van der Waals surface area contributed by atoms with Crippen molar-refractivity contribution in [3.05, 3.63) is 18.0 Å². The Labute approximate surface area is 123 Å². The van der Waals surface area contributed by atoms with Crippen LogP contribution in [-0.4, -0.2) is 42.0 Å². The van der Waals surface area contributed by atoms with E-state index >= 15 is 0 Å². The van der Waals surface area contributed by atoms with E-state index in [4.69, 9.17) is 9.47 Å². The molecule has 0 aromatic carbocycles. The Morgan fingerprint density at radius 1 is 1.37 bits per heavy atom.